The highest BCUT2D eigenvalue weighted by Gasteiger charge is 2.17. The van der Waals surface area contributed by atoms with Gasteiger partial charge in [-0.15, -0.1) is 0 Å². The SMILES string of the molecule is COc1ccccc1NC(=O)c1cc(-c2ccc(F)cc2)nc2c(C)cc(C)cc12. The zero-order chi connectivity index (χ0) is 21.3. The number of hydrogen-bond acceptors (Lipinski definition) is 3. The fourth-order valence-corrected chi connectivity index (χ4v) is 3.57. The number of pyridine rings is 1. The van der Waals surface area contributed by atoms with Crippen molar-refractivity contribution in [2.45, 2.75) is 13.8 Å². The molecule has 3 aromatic carbocycles. The van der Waals surface area contributed by atoms with Gasteiger partial charge in [-0.2, -0.15) is 0 Å². The molecule has 4 rings (SSSR count). The van der Waals surface area contributed by atoms with Crippen molar-refractivity contribution in [2.24, 2.45) is 0 Å². The van der Waals surface area contributed by atoms with E-state index in [9.17, 15) is 9.18 Å². The van der Waals surface area contributed by atoms with Gasteiger partial charge >= 0.3 is 0 Å². The number of aromatic nitrogens is 1. The van der Waals surface area contributed by atoms with Crippen LogP contribution in [0.4, 0.5) is 10.1 Å². The fraction of sp³-hybridized carbons (Fsp3) is 0.120. The molecule has 0 aliphatic heterocycles. The van der Waals surface area contributed by atoms with Gasteiger partial charge < -0.3 is 10.1 Å². The zero-order valence-electron chi connectivity index (χ0n) is 17.0. The molecule has 0 fully saturated rings. The lowest BCUT2D eigenvalue weighted by molar-refractivity contribution is 0.102. The summed E-state index contributed by atoms with van der Waals surface area (Å²) in [6.45, 7) is 3.96. The molecule has 30 heavy (non-hydrogen) atoms. The van der Waals surface area contributed by atoms with Gasteiger partial charge in [-0.3, -0.25) is 4.79 Å². The first kappa shape index (κ1) is 19.6. The average molecular weight is 400 g/mol. The summed E-state index contributed by atoms with van der Waals surface area (Å²) in [6.07, 6.45) is 0. The smallest absolute Gasteiger partial charge is 0.256 e. The third-order valence-electron chi connectivity index (χ3n) is 4.99. The van der Waals surface area contributed by atoms with Crippen LogP contribution in [0.3, 0.4) is 0 Å². The normalized spacial score (nSPS) is 10.8. The number of rotatable bonds is 4. The summed E-state index contributed by atoms with van der Waals surface area (Å²) in [7, 11) is 1.56. The molecule has 0 aliphatic carbocycles. The van der Waals surface area contributed by atoms with Gasteiger partial charge in [0.2, 0.25) is 0 Å². The first-order valence-corrected chi connectivity index (χ1v) is 9.58. The van der Waals surface area contributed by atoms with Gasteiger partial charge in [-0.1, -0.05) is 23.8 Å². The van der Waals surface area contributed by atoms with Crippen molar-refractivity contribution in [1.29, 1.82) is 0 Å². The van der Waals surface area contributed by atoms with Gasteiger partial charge in [0, 0.05) is 10.9 Å². The summed E-state index contributed by atoms with van der Waals surface area (Å²) in [5, 5.41) is 3.71. The number of aryl methyl sites for hydroxylation is 2. The number of hydrogen-bond donors (Lipinski definition) is 1. The van der Waals surface area contributed by atoms with Crippen molar-refractivity contribution >= 4 is 22.5 Å². The van der Waals surface area contributed by atoms with Crippen LogP contribution in [0.1, 0.15) is 21.5 Å². The maximum absolute atomic E-state index is 13.4. The predicted molar refractivity (Wildman–Crippen MR) is 118 cm³/mol. The van der Waals surface area contributed by atoms with Gasteiger partial charge in [0.25, 0.3) is 5.91 Å². The summed E-state index contributed by atoms with van der Waals surface area (Å²) in [4.78, 5) is 18.1. The Morgan fingerprint density at radius 2 is 1.73 bits per heavy atom. The number of methoxy groups -OCH3 is 1. The summed E-state index contributed by atoms with van der Waals surface area (Å²) in [5.41, 5.74) is 5.19. The van der Waals surface area contributed by atoms with E-state index in [0.29, 0.717) is 22.7 Å². The number of carbonyl (C=O) groups excluding carboxylic acids is 1. The number of anilines is 1. The van der Waals surface area contributed by atoms with Crippen LogP contribution >= 0.6 is 0 Å². The Morgan fingerprint density at radius 3 is 2.47 bits per heavy atom. The maximum Gasteiger partial charge on any atom is 0.256 e. The quantitative estimate of drug-likeness (QED) is 0.463. The van der Waals surface area contributed by atoms with Crippen LogP contribution in [0.5, 0.6) is 5.75 Å². The van der Waals surface area contributed by atoms with Crippen LogP contribution in [-0.4, -0.2) is 18.0 Å². The number of nitrogens with one attached hydrogen (secondary N) is 1. The van der Waals surface area contributed by atoms with Gasteiger partial charge in [-0.05, 0) is 67.9 Å². The molecule has 0 saturated carbocycles. The van der Waals surface area contributed by atoms with Gasteiger partial charge in [0.15, 0.2) is 0 Å². The van der Waals surface area contributed by atoms with Crippen LogP contribution in [0, 0.1) is 19.7 Å². The first-order chi connectivity index (χ1) is 14.5. The van der Waals surface area contributed by atoms with E-state index in [1.54, 1.807) is 37.4 Å². The molecule has 0 atom stereocenters. The number of fused-ring (bicyclic) bond motifs is 1. The average Bonchev–Trinajstić information content (AvgIpc) is 2.74. The number of carbonyl (C=O) groups is 1. The minimum absolute atomic E-state index is 0.264. The van der Waals surface area contributed by atoms with E-state index in [2.05, 4.69) is 5.32 Å². The molecule has 5 heteroatoms. The number of halogens is 1. The predicted octanol–water partition coefficient (Wildman–Crippen LogP) is 5.92. The molecular formula is C25H21FN2O2. The lowest BCUT2D eigenvalue weighted by Gasteiger charge is -2.14. The van der Waals surface area contributed by atoms with Crippen molar-refractivity contribution in [2.75, 3.05) is 12.4 Å². The second-order valence-electron chi connectivity index (χ2n) is 7.19. The minimum atomic E-state index is -0.319. The van der Waals surface area contributed by atoms with Crippen LogP contribution in [0.2, 0.25) is 0 Å². The summed E-state index contributed by atoms with van der Waals surface area (Å²) >= 11 is 0. The Bertz CT molecular complexity index is 1250. The van der Waals surface area contributed by atoms with Crippen LogP contribution in [0.15, 0.2) is 66.7 Å². The third-order valence-corrected chi connectivity index (χ3v) is 4.99. The molecule has 0 saturated heterocycles. The van der Waals surface area contributed by atoms with Crippen LogP contribution < -0.4 is 10.1 Å². The Kier molecular flexibility index (Phi) is 5.19. The van der Waals surface area contributed by atoms with E-state index in [1.807, 2.05) is 38.1 Å². The molecule has 0 unspecified atom stereocenters. The molecule has 0 aliphatic rings. The minimum Gasteiger partial charge on any atom is -0.495 e. The molecule has 1 aromatic heterocycles. The number of nitrogens with zero attached hydrogens (tertiary/aromatic N) is 1. The van der Waals surface area contributed by atoms with E-state index in [1.165, 1.54) is 12.1 Å². The fourth-order valence-electron chi connectivity index (χ4n) is 3.57. The Hall–Kier alpha value is -3.73. The van der Waals surface area contributed by atoms with Crippen LogP contribution in [-0.2, 0) is 0 Å². The van der Waals surface area contributed by atoms with E-state index in [-0.39, 0.29) is 11.7 Å². The number of ether oxygens (including phenoxy) is 1. The second-order valence-corrected chi connectivity index (χ2v) is 7.19. The third kappa shape index (κ3) is 3.74. The van der Waals surface area contributed by atoms with E-state index in [0.717, 1.165) is 27.6 Å². The molecule has 0 bridgehead atoms. The van der Waals surface area contributed by atoms with E-state index < -0.39 is 0 Å². The number of benzene rings is 3. The van der Waals surface area contributed by atoms with Crippen molar-refractivity contribution in [3.63, 3.8) is 0 Å². The highest BCUT2D eigenvalue weighted by molar-refractivity contribution is 6.14. The Balaban J connectivity index is 1.88. The standard InChI is InChI=1S/C25H21FN2O2/c1-15-12-16(2)24-19(13-15)20(14-22(27-24)17-8-10-18(26)11-9-17)25(29)28-21-6-4-5-7-23(21)30-3/h4-14H,1-3H3,(H,28,29). The van der Waals surface area contributed by atoms with Crippen molar-refractivity contribution in [3.8, 4) is 17.0 Å². The largest absolute Gasteiger partial charge is 0.495 e. The van der Waals surface area contributed by atoms with E-state index >= 15 is 0 Å². The lowest BCUT2D eigenvalue weighted by Crippen LogP contribution is -2.14. The number of amides is 1. The Morgan fingerprint density at radius 1 is 1.00 bits per heavy atom. The monoisotopic (exact) mass is 400 g/mol. The molecule has 0 spiro atoms. The van der Waals surface area contributed by atoms with Crippen molar-refractivity contribution in [3.05, 3.63) is 89.2 Å². The summed E-state index contributed by atoms with van der Waals surface area (Å²) in [5.74, 6) is -0.00363. The maximum atomic E-state index is 13.4. The van der Waals surface area contributed by atoms with Crippen molar-refractivity contribution < 1.29 is 13.9 Å². The lowest BCUT2D eigenvalue weighted by atomic mass is 9.99. The molecule has 1 N–H and O–H groups in total. The molecule has 1 heterocycles. The highest BCUT2D eigenvalue weighted by atomic mass is 19.1. The molecule has 4 nitrogen and oxygen atoms in total. The second kappa shape index (κ2) is 7.95. The molecule has 0 radical (unpaired) electrons. The van der Waals surface area contributed by atoms with Gasteiger partial charge in [0.1, 0.15) is 11.6 Å². The van der Waals surface area contributed by atoms with Crippen LogP contribution in [0.25, 0.3) is 22.2 Å². The zero-order valence-corrected chi connectivity index (χ0v) is 17.0. The topological polar surface area (TPSA) is 51.2 Å². The number of para-hydroxylation sites is 2. The summed E-state index contributed by atoms with van der Waals surface area (Å²) in [6, 6.07) is 19.1. The molecular weight excluding hydrogens is 379 g/mol. The summed E-state index contributed by atoms with van der Waals surface area (Å²) < 4.78 is 18.7. The molecule has 1 amide bonds. The van der Waals surface area contributed by atoms with Gasteiger partial charge in [-0.25, -0.2) is 9.37 Å². The Labute approximate surface area is 174 Å². The van der Waals surface area contributed by atoms with E-state index in [4.69, 9.17) is 9.72 Å². The molecule has 150 valence electrons. The highest BCUT2D eigenvalue weighted by Crippen LogP contribution is 2.30. The van der Waals surface area contributed by atoms with Gasteiger partial charge in [0.05, 0.1) is 29.6 Å². The van der Waals surface area contributed by atoms with Crippen molar-refractivity contribution in [1.82, 2.24) is 4.98 Å². The molecule has 4 aromatic rings. The first-order valence-electron chi connectivity index (χ1n) is 9.58.